The summed E-state index contributed by atoms with van der Waals surface area (Å²) in [6, 6.07) is 7.28. The van der Waals surface area contributed by atoms with Crippen molar-refractivity contribution in [2.45, 2.75) is 45.9 Å². The highest BCUT2D eigenvalue weighted by molar-refractivity contribution is 5.89. The van der Waals surface area contributed by atoms with Crippen LogP contribution in [0.4, 0.5) is 4.79 Å². The van der Waals surface area contributed by atoms with Gasteiger partial charge in [0.2, 0.25) is 5.91 Å². The van der Waals surface area contributed by atoms with Crippen LogP contribution in [0.25, 0.3) is 0 Å². The Bertz CT molecular complexity index is 559. The standard InChI is InChI=1S/C17H24N2O5/c1-11(2)9-14(15(20)18-12(3)16(21)22)19-17(23)24-10-13-7-5-4-6-8-13/h4-8,11-12,14H,9-10H2,1-3H3,(H,18,20)(H,19,23)(H,21,22)/t12-,14-/m0/s1. The minimum absolute atomic E-state index is 0.0915. The SMILES string of the molecule is CC(C)C[C@H](NC(=O)OCc1ccccc1)C(=O)N[C@@H](C)C(=O)O. The lowest BCUT2D eigenvalue weighted by Gasteiger charge is -2.21. The van der Waals surface area contributed by atoms with Crippen LogP contribution < -0.4 is 10.6 Å². The van der Waals surface area contributed by atoms with Gasteiger partial charge in [-0.2, -0.15) is 0 Å². The van der Waals surface area contributed by atoms with Crippen molar-refractivity contribution in [3.63, 3.8) is 0 Å². The number of ether oxygens (including phenoxy) is 1. The van der Waals surface area contributed by atoms with E-state index in [1.165, 1.54) is 6.92 Å². The molecule has 2 atom stereocenters. The molecule has 0 saturated heterocycles. The Labute approximate surface area is 141 Å². The van der Waals surface area contributed by atoms with Crippen LogP contribution in [0.5, 0.6) is 0 Å². The molecule has 0 aromatic heterocycles. The fourth-order valence-corrected chi connectivity index (χ4v) is 1.99. The number of hydrogen-bond acceptors (Lipinski definition) is 4. The van der Waals surface area contributed by atoms with Crippen molar-refractivity contribution in [3.8, 4) is 0 Å². The number of alkyl carbamates (subject to hydrolysis) is 1. The monoisotopic (exact) mass is 336 g/mol. The molecule has 3 N–H and O–H groups in total. The van der Waals surface area contributed by atoms with E-state index in [0.717, 1.165) is 5.56 Å². The second-order valence-electron chi connectivity index (χ2n) is 5.96. The van der Waals surface area contributed by atoms with Crippen molar-refractivity contribution in [3.05, 3.63) is 35.9 Å². The second-order valence-corrected chi connectivity index (χ2v) is 5.96. The van der Waals surface area contributed by atoms with E-state index in [-0.39, 0.29) is 12.5 Å². The summed E-state index contributed by atoms with van der Waals surface area (Å²) in [5, 5.41) is 13.7. The van der Waals surface area contributed by atoms with Crippen molar-refractivity contribution in [1.82, 2.24) is 10.6 Å². The Morgan fingerprint density at radius 2 is 1.71 bits per heavy atom. The van der Waals surface area contributed by atoms with E-state index < -0.39 is 30.1 Å². The first-order valence-corrected chi connectivity index (χ1v) is 7.80. The Morgan fingerprint density at radius 3 is 2.25 bits per heavy atom. The van der Waals surface area contributed by atoms with Gasteiger partial charge in [0, 0.05) is 0 Å². The molecular formula is C17H24N2O5. The van der Waals surface area contributed by atoms with Gasteiger partial charge in [0.05, 0.1) is 0 Å². The van der Waals surface area contributed by atoms with Crippen molar-refractivity contribution < 1.29 is 24.2 Å². The van der Waals surface area contributed by atoms with Crippen LogP contribution in [-0.2, 0) is 20.9 Å². The molecule has 0 aliphatic rings. The third kappa shape index (κ3) is 7.13. The van der Waals surface area contributed by atoms with E-state index >= 15 is 0 Å². The van der Waals surface area contributed by atoms with E-state index in [2.05, 4.69) is 10.6 Å². The Hall–Kier alpha value is -2.57. The number of aliphatic carboxylic acids is 1. The highest BCUT2D eigenvalue weighted by Gasteiger charge is 2.25. The smallest absolute Gasteiger partial charge is 0.408 e. The minimum Gasteiger partial charge on any atom is -0.480 e. The fraction of sp³-hybridized carbons (Fsp3) is 0.471. The quantitative estimate of drug-likeness (QED) is 0.673. The number of hydrogen-bond donors (Lipinski definition) is 3. The highest BCUT2D eigenvalue weighted by atomic mass is 16.5. The number of nitrogens with one attached hydrogen (secondary N) is 2. The topological polar surface area (TPSA) is 105 Å². The highest BCUT2D eigenvalue weighted by Crippen LogP contribution is 2.07. The Morgan fingerprint density at radius 1 is 1.08 bits per heavy atom. The lowest BCUT2D eigenvalue weighted by atomic mass is 10.0. The Kier molecular flexibility index (Phi) is 7.74. The summed E-state index contributed by atoms with van der Waals surface area (Å²) in [5.74, 6) is -1.55. The van der Waals surface area contributed by atoms with Crippen LogP contribution >= 0.6 is 0 Å². The molecule has 1 aromatic carbocycles. The molecule has 7 heteroatoms. The summed E-state index contributed by atoms with van der Waals surface area (Å²) in [6.07, 6.45) is -0.346. The van der Waals surface area contributed by atoms with Crippen molar-refractivity contribution in [1.29, 1.82) is 0 Å². The average molecular weight is 336 g/mol. The summed E-state index contributed by atoms with van der Waals surface area (Å²) in [7, 11) is 0. The predicted molar refractivity (Wildman–Crippen MR) is 88.2 cm³/mol. The number of rotatable bonds is 8. The molecule has 0 saturated carbocycles. The van der Waals surface area contributed by atoms with Gasteiger partial charge in [-0.3, -0.25) is 9.59 Å². The van der Waals surface area contributed by atoms with Gasteiger partial charge >= 0.3 is 12.1 Å². The van der Waals surface area contributed by atoms with E-state index in [1.54, 1.807) is 0 Å². The van der Waals surface area contributed by atoms with Gasteiger partial charge in [-0.1, -0.05) is 44.2 Å². The van der Waals surface area contributed by atoms with E-state index in [4.69, 9.17) is 9.84 Å². The molecule has 1 aromatic rings. The number of amides is 2. The van der Waals surface area contributed by atoms with Crippen LogP contribution in [-0.4, -0.2) is 35.2 Å². The normalized spacial score (nSPS) is 13.0. The van der Waals surface area contributed by atoms with Crippen molar-refractivity contribution >= 4 is 18.0 Å². The molecule has 1 rings (SSSR count). The Balaban J connectivity index is 2.59. The summed E-state index contributed by atoms with van der Waals surface area (Å²) in [5.41, 5.74) is 0.831. The van der Waals surface area contributed by atoms with Crippen LogP contribution in [0.3, 0.4) is 0 Å². The first-order chi connectivity index (χ1) is 11.3. The third-order valence-electron chi connectivity index (χ3n) is 3.26. The van der Waals surface area contributed by atoms with Gasteiger partial charge < -0.3 is 20.5 Å². The lowest BCUT2D eigenvalue weighted by molar-refractivity contribution is -0.141. The van der Waals surface area contributed by atoms with Crippen LogP contribution in [0, 0.1) is 5.92 Å². The van der Waals surface area contributed by atoms with E-state index in [9.17, 15) is 14.4 Å². The van der Waals surface area contributed by atoms with Gasteiger partial charge in [0.15, 0.2) is 0 Å². The zero-order chi connectivity index (χ0) is 18.1. The molecule has 7 nitrogen and oxygen atoms in total. The molecule has 0 unspecified atom stereocenters. The minimum atomic E-state index is -1.14. The summed E-state index contributed by atoms with van der Waals surface area (Å²) >= 11 is 0. The first kappa shape index (κ1) is 19.5. The maximum Gasteiger partial charge on any atom is 0.408 e. The summed E-state index contributed by atoms with van der Waals surface area (Å²) in [4.78, 5) is 34.9. The number of carboxylic acid groups (broad SMARTS) is 1. The van der Waals surface area contributed by atoms with Crippen LogP contribution in [0.1, 0.15) is 32.8 Å². The number of carbonyl (C=O) groups is 3. The van der Waals surface area contributed by atoms with Gasteiger partial charge in [0.1, 0.15) is 18.7 Å². The van der Waals surface area contributed by atoms with Crippen LogP contribution in [0.15, 0.2) is 30.3 Å². The van der Waals surface area contributed by atoms with Crippen LogP contribution in [0.2, 0.25) is 0 Å². The van der Waals surface area contributed by atoms with E-state index in [0.29, 0.717) is 6.42 Å². The molecule has 2 amide bonds. The van der Waals surface area contributed by atoms with Gasteiger partial charge in [0.25, 0.3) is 0 Å². The largest absolute Gasteiger partial charge is 0.480 e. The van der Waals surface area contributed by atoms with E-state index in [1.807, 2.05) is 44.2 Å². The summed E-state index contributed by atoms with van der Waals surface area (Å²) < 4.78 is 5.10. The average Bonchev–Trinajstić information content (AvgIpc) is 2.52. The molecule has 132 valence electrons. The molecule has 0 heterocycles. The zero-order valence-corrected chi connectivity index (χ0v) is 14.1. The molecule has 24 heavy (non-hydrogen) atoms. The van der Waals surface area contributed by atoms with Crippen molar-refractivity contribution in [2.75, 3.05) is 0 Å². The number of carboxylic acids is 1. The fourth-order valence-electron chi connectivity index (χ4n) is 1.99. The van der Waals surface area contributed by atoms with Gasteiger partial charge in [-0.15, -0.1) is 0 Å². The lowest BCUT2D eigenvalue weighted by Crippen LogP contribution is -2.51. The second kappa shape index (κ2) is 9.54. The van der Waals surface area contributed by atoms with Gasteiger partial charge in [-0.05, 0) is 24.8 Å². The zero-order valence-electron chi connectivity index (χ0n) is 14.1. The van der Waals surface area contributed by atoms with Crippen molar-refractivity contribution in [2.24, 2.45) is 5.92 Å². The molecule has 0 aliphatic heterocycles. The molecule has 0 fully saturated rings. The maximum atomic E-state index is 12.2. The predicted octanol–water partition coefficient (Wildman–Crippen LogP) is 1.92. The molecule has 0 radical (unpaired) electrons. The summed E-state index contributed by atoms with van der Waals surface area (Å²) in [6.45, 7) is 5.25. The molecular weight excluding hydrogens is 312 g/mol. The third-order valence-corrected chi connectivity index (χ3v) is 3.26. The maximum absolute atomic E-state index is 12.2. The number of carbonyl (C=O) groups excluding carboxylic acids is 2. The molecule has 0 aliphatic carbocycles. The first-order valence-electron chi connectivity index (χ1n) is 7.80. The molecule has 0 spiro atoms. The molecule has 0 bridgehead atoms. The number of benzene rings is 1. The van der Waals surface area contributed by atoms with Gasteiger partial charge in [-0.25, -0.2) is 4.79 Å².